The van der Waals surface area contributed by atoms with Gasteiger partial charge < -0.3 is 20.1 Å². The van der Waals surface area contributed by atoms with Crippen molar-refractivity contribution in [2.75, 3.05) is 12.6 Å². The smallest absolute Gasteiger partial charge is 0.408 e. The van der Waals surface area contributed by atoms with Crippen LogP contribution in [0, 0.1) is 5.92 Å². The summed E-state index contributed by atoms with van der Waals surface area (Å²) in [7, 11) is 0. The van der Waals surface area contributed by atoms with Gasteiger partial charge >= 0.3 is 12.1 Å². The highest BCUT2D eigenvalue weighted by molar-refractivity contribution is 6.17. The molecule has 0 aliphatic heterocycles. The van der Waals surface area contributed by atoms with Crippen molar-refractivity contribution in [1.82, 2.24) is 10.6 Å². The van der Waals surface area contributed by atoms with E-state index in [0.717, 1.165) is 0 Å². The molecule has 1 atom stereocenters. The molecule has 8 heteroatoms. The highest BCUT2D eigenvalue weighted by atomic mass is 35.5. The zero-order valence-corrected chi connectivity index (χ0v) is 14.5. The fraction of sp³-hybridized carbons (Fsp3) is 0.786. The van der Waals surface area contributed by atoms with E-state index in [-0.39, 0.29) is 18.5 Å². The average Bonchev–Trinajstić information content (AvgIpc) is 2.32. The number of carbonyl (C=O) groups excluding carboxylic acids is 3. The molecule has 0 radical (unpaired) electrons. The summed E-state index contributed by atoms with van der Waals surface area (Å²) in [4.78, 5) is 35.0. The first-order valence-corrected chi connectivity index (χ1v) is 7.57. The van der Waals surface area contributed by atoms with E-state index in [0.29, 0.717) is 6.42 Å². The minimum atomic E-state index is -0.793. The summed E-state index contributed by atoms with van der Waals surface area (Å²) in [6, 6.07) is -1.07. The Morgan fingerprint density at radius 1 is 1.18 bits per heavy atom. The number of esters is 1. The lowest BCUT2D eigenvalue weighted by atomic mass is 10.0. The summed E-state index contributed by atoms with van der Waals surface area (Å²) < 4.78 is 9.62. The molecule has 2 N–H and O–H groups in total. The van der Waals surface area contributed by atoms with Crippen molar-refractivity contribution in [3.8, 4) is 0 Å². The zero-order chi connectivity index (χ0) is 17.3. The summed E-state index contributed by atoms with van der Waals surface area (Å²) >= 11 is 5.24. The molecule has 2 amide bonds. The fourth-order valence-corrected chi connectivity index (χ4v) is 1.67. The van der Waals surface area contributed by atoms with Crippen LogP contribution in [0.25, 0.3) is 0 Å². The Bertz CT molecular complexity index is 393. The van der Waals surface area contributed by atoms with Crippen LogP contribution in [0.3, 0.4) is 0 Å². The molecule has 0 rings (SSSR count). The Balaban J connectivity index is 4.58. The van der Waals surface area contributed by atoms with Crippen molar-refractivity contribution in [2.45, 2.75) is 52.7 Å². The van der Waals surface area contributed by atoms with Crippen LogP contribution in [0.1, 0.15) is 41.0 Å². The number of hydrogen-bond acceptors (Lipinski definition) is 5. The molecule has 0 saturated carbocycles. The highest BCUT2D eigenvalue weighted by Gasteiger charge is 2.25. The van der Waals surface area contributed by atoms with Crippen LogP contribution in [0.5, 0.6) is 0 Å². The second-order valence-electron chi connectivity index (χ2n) is 6.17. The molecule has 0 aliphatic rings. The number of rotatable bonds is 7. The molecule has 128 valence electrons. The first-order chi connectivity index (χ1) is 10.0. The monoisotopic (exact) mass is 336 g/mol. The number of hydrogen-bond donors (Lipinski definition) is 2. The van der Waals surface area contributed by atoms with E-state index in [9.17, 15) is 14.4 Å². The quantitative estimate of drug-likeness (QED) is 0.546. The van der Waals surface area contributed by atoms with Crippen molar-refractivity contribution in [3.63, 3.8) is 0 Å². The van der Waals surface area contributed by atoms with Gasteiger partial charge in [0.25, 0.3) is 0 Å². The molecule has 0 aromatic carbocycles. The van der Waals surface area contributed by atoms with Crippen molar-refractivity contribution in [2.24, 2.45) is 5.92 Å². The van der Waals surface area contributed by atoms with Crippen LogP contribution in [-0.4, -0.2) is 42.2 Å². The lowest BCUT2D eigenvalue weighted by molar-refractivity contribution is -0.142. The predicted molar refractivity (Wildman–Crippen MR) is 82.4 cm³/mol. The van der Waals surface area contributed by atoms with Crippen LogP contribution in [-0.2, 0) is 19.1 Å². The molecular weight excluding hydrogens is 312 g/mol. The molecule has 0 saturated heterocycles. The SMILES string of the molecule is CC(C)CC(NC(=O)OC(C)(C)C)C(=O)NCC(=O)OCCl. The van der Waals surface area contributed by atoms with Gasteiger partial charge in [0.1, 0.15) is 18.2 Å². The van der Waals surface area contributed by atoms with Gasteiger partial charge in [0, 0.05) is 0 Å². The standard InChI is InChI=1S/C14H25ClN2O5/c1-9(2)6-10(17-13(20)22-14(3,4)5)12(19)16-7-11(18)21-8-15/h9-10H,6-8H2,1-5H3,(H,16,19)(H,17,20). The van der Waals surface area contributed by atoms with Gasteiger partial charge in [-0.05, 0) is 33.1 Å². The molecule has 0 heterocycles. The second kappa shape index (κ2) is 9.50. The number of nitrogens with one attached hydrogen (secondary N) is 2. The van der Waals surface area contributed by atoms with Crippen molar-refractivity contribution in [1.29, 1.82) is 0 Å². The van der Waals surface area contributed by atoms with Crippen LogP contribution in [0.2, 0.25) is 0 Å². The molecule has 0 aromatic heterocycles. The van der Waals surface area contributed by atoms with Gasteiger partial charge in [-0.25, -0.2) is 4.79 Å². The second-order valence-corrected chi connectivity index (χ2v) is 6.39. The molecular formula is C14H25ClN2O5. The Morgan fingerprint density at radius 3 is 2.23 bits per heavy atom. The topological polar surface area (TPSA) is 93.7 Å². The maximum absolute atomic E-state index is 12.1. The van der Waals surface area contributed by atoms with Crippen LogP contribution < -0.4 is 10.6 Å². The van der Waals surface area contributed by atoms with E-state index >= 15 is 0 Å². The number of carbonyl (C=O) groups is 3. The Labute approximate surface area is 136 Å². The van der Waals surface area contributed by atoms with Crippen LogP contribution in [0.4, 0.5) is 4.79 Å². The minimum Gasteiger partial charge on any atom is -0.448 e. The lowest BCUT2D eigenvalue weighted by Gasteiger charge is -2.24. The summed E-state index contributed by atoms with van der Waals surface area (Å²) in [5.41, 5.74) is -0.660. The van der Waals surface area contributed by atoms with E-state index in [1.165, 1.54) is 0 Å². The minimum absolute atomic E-state index is 0.167. The largest absolute Gasteiger partial charge is 0.448 e. The zero-order valence-electron chi connectivity index (χ0n) is 13.7. The van der Waals surface area contributed by atoms with E-state index in [1.54, 1.807) is 20.8 Å². The maximum atomic E-state index is 12.1. The third-order valence-corrected chi connectivity index (χ3v) is 2.45. The number of alkyl carbamates (subject to hydrolysis) is 1. The summed E-state index contributed by atoms with van der Waals surface area (Å²) in [5.74, 6) is -0.963. The molecule has 7 nitrogen and oxygen atoms in total. The highest BCUT2D eigenvalue weighted by Crippen LogP contribution is 2.09. The van der Waals surface area contributed by atoms with Crippen LogP contribution in [0.15, 0.2) is 0 Å². The van der Waals surface area contributed by atoms with Crippen molar-refractivity contribution in [3.05, 3.63) is 0 Å². The number of amides is 2. The van der Waals surface area contributed by atoms with Gasteiger partial charge in [-0.2, -0.15) is 0 Å². The van der Waals surface area contributed by atoms with Crippen molar-refractivity contribution < 1.29 is 23.9 Å². The third-order valence-electron chi connectivity index (χ3n) is 2.34. The fourth-order valence-electron chi connectivity index (χ4n) is 1.55. The summed E-state index contributed by atoms with van der Waals surface area (Å²) in [6.45, 7) is 8.71. The first-order valence-electron chi connectivity index (χ1n) is 7.04. The molecule has 0 aromatic rings. The van der Waals surface area contributed by atoms with Crippen molar-refractivity contribution >= 4 is 29.6 Å². The van der Waals surface area contributed by atoms with Gasteiger partial charge in [0.05, 0.1) is 0 Å². The molecule has 0 bridgehead atoms. The first kappa shape index (κ1) is 20.5. The predicted octanol–water partition coefficient (Wildman–Crippen LogP) is 1.78. The molecule has 22 heavy (non-hydrogen) atoms. The van der Waals surface area contributed by atoms with E-state index in [1.807, 2.05) is 13.8 Å². The van der Waals surface area contributed by atoms with E-state index < -0.39 is 29.6 Å². The summed E-state index contributed by atoms with van der Waals surface area (Å²) in [6.07, 6.45) is -0.271. The molecule has 0 spiro atoms. The normalized spacial score (nSPS) is 12.5. The molecule has 0 fully saturated rings. The Kier molecular flexibility index (Phi) is 8.86. The third kappa shape index (κ3) is 10.3. The van der Waals surface area contributed by atoms with Gasteiger partial charge in [-0.1, -0.05) is 25.4 Å². The summed E-state index contributed by atoms with van der Waals surface area (Å²) in [5, 5.41) is 4.91. The molecule has 0 aliphatic carbocycles. The maximum Gasteiger partial charge on any atom is 0.408 e. The Morgan fingerprint density at radius 2 is 1.77 bits per heavy atom. The number of alkyl halides is 1. The van der Waals surface area contributed by atoms with Gasteiger partial charge in [0.2, 0.25) is 5.91 Å². The lowest BCUT2D eigenvalue weighted by Crippen LogP contribution is -2.49. The van der Waals surface area contributed by atoms with E-state index in [2.05, 4.69) is 15.4 Å². The number of halogens is 1. The van der Waals surface area contributed by atoms with Gasteiger partial charge in [0.15, 0.2) is 6.07 Å². The molecule has 1 unspecified atom stereocenters. The van der Waals surface area contributed by atoms with Crippen LogP contribution >= 0.6 is 11.6 Å². The average molecular weight is 337 g/mol. The Hall–Kier alpha value is -1.50. The van der Waals surface area contributed by atoms with Gasteiger partial charge in [-0.3, -0.25) is 9.59 Å². The van der Waals surface area contributed by atoms with Gasteiger partial charge in [-0.15, -0.1) is 0 Å². The number of ether oxygens (including phenoxy) is 2. The van der Waals surface area contributed by atoms with E-state index in [4.69, 9.17) is 16.3 Å².